The average molecular weight is 400 g/mol. The topological polar surface area (TPSA) is 40.8 Å². The molecule has 4 aromatic rings. The number of methoxy groups -OCH3 is 4. The Labute approximate surface area is 169 Å². The Bertz CT molecular complexity index is 1190. The summed E-state index contributed by atoms with van der Waals surface area (Å²) in [6.07, 6.45) is 2.05. The molecule has 0 amide bonds. The van der Waals surface area contributed by atoms with Gasteiger partial charge in [0.05, 0.1) is 50.0 Å². The van der Waals surface area contributed by atoms with Gasteiger partial charge in [-0.05, 0) is 17.5 Å². The lowest BCUT2D eigenvalue weighted by Gasteiger charge is -2.19. The predicted octanol–water partition coefficient (Wildman–Crippen LogP) is 1.01. The van der Waals surface area contributed by atoms with Crippen molar-refractivity contribution in [2.75, 3.05) is 28.4 Å². The highest BCUT2D eigenvalue weighted by Gasteiger charge is 2.28. The molecule has 6 heteroatoms. The highest BCUT2D eigenvalue weighted by Crippen LogP contribution is 2.52. The SMILES string of the molecule is COc1c(OC)c(OC)c2c(c[n+](C)c3c4ccccc4ccc23)c1OC.[Cl-]. The Balaban J connectivity index is 0.00000225. The fourth-order valence-corrected chi connectivity index (χ4v) is 3.93. The zero-order valence-corrected chi connectivity index (χ0v) is 17.3. The molecule has 5 nitrogen and oxygen atoms in total. The van der Waals surface area contributed by atoms with Crippen molar-refractivity contribution in [3.8, 4) is 23.0 Å². The first-order valence-corrected chi connectivity index (χ1v) is 8.66. The van der Waals surface area contributed by atoms with E-state index in [1.807, 2.05) is 19.3 Å². The summed E-state index contributed by atoms with van der Waals surface area (Å²) >= 11 is 0. The van der Waals surface area contributed by atoms with E-state index in [2.05, 4.69) is 34.9 Å². The molecule has 0 spiro atoms. The maximum absolute atomic E-state index is 5.78. The molecule has 0 radical (unpaired) electrons. The summed E-state index contributed by atoms with van der Waals surface area (Å²) in [4.78, 5) is 0. The number of halogens is 1. The van der Waals surface area contributed by atoms with Crippen molar-refractivity contribution >= 4 is 32.4 Å². The zero-order chi connectivity index (χ0) is 19.1. The van der Waals surface area contributed by atoms with E-state index in [0.717, 1.165) is 21.7 Å². The van der Waals surface area contributed by atoms with E-state index < -0.39 is 0 Å². The van der Waals surface area contributed by atoms with Crippen LogP contribution >= 0.6 is 0 Å². The van der Waals surface area contributed by atoms with Crippen LogP contribution in [0.4, 0.5) is 0 Å². The largest absolute Gasteiger partial charge is 1.00 e. The maximum Gasteiger partial charge on any atom is 0.220 e. The van der Waals surface area contributed by atoms with Gasteiger partial charge < -0.3 is 31.4 Å². The highest BCUT2D eigenvalue weighted by atomic mass is 35.5. The van der Waals surface area contributed by atoms with E-state index in [1.54, 1.807) is 28.4 Å². The molecule has 0 N–H and O–H groups in total. The number of aryl methyl sites for hydroxylation is 1. The van der Waals surface area contributed by atoms with Gasteiger partial charge in [0.15, 0.2) is 17.7 Å². The zero-order valence-electron chi connectivity index (χ0n) is 16.5. The van der Waals surface area contributed by atoms with Crippen molar-refractivity contribution in [3.05, 3.63) is 42.6 Å². The molecule has 4 rings (SSSR count). The lowest BCUT2D eigenvalue weighted by molar-refractivity contribution is -0.642. The number of nitrogens with zero attached hydrogens (tertiary/aromatic N) is 1. The minimum absolute atomic E-state index is 0. The van der Waals surface area contributed by atoms with Gasteiger partial charge in [0.2, 0.25) is 17.0 Å². The molecular formula is C22H22ClNO4. The van der Waals surface area contributed by atoms with E-state index >= 15 is 0 Å². The number of hydrogen-bond donors (Lipinski definition) is 0. The molecule has 3 aromatic carbocycles. The Morgan fingerprint density at radius 2 is 1.25 bits per heavy atom. The van der Waals surface area contributed by atoms with Gasteiger partial charge in [0.25, 0.3) is 0 Å². The number of benzene rings is 3. The summed E-state index contributed by atoms with van der Waals surface area (Å²) in [5.41, 5.74) is 1.12. The number of rotatable bonds is 4. The van der Waals surface area contributed by atoms with Crippen LogP contribution in [0.2, 0.25) is 0 Å². The highest BCUT2D eigenvalue weighted by molar-refractivity contribution is 6.17. The third kappa shape index (κ3) is 2.66. The molecule has 0 fully saturated rings. The van der Waals surface area contributed by atoms with Crippen molar-refractivity contribution < 1.29 is 35.9 Å². The molecule has 146 valence electrons. The normalized spacial score (nSPS) is 10.8. The standard InChI is InChI=1S/C22H22NO4.ClH/c1-23-12-16-17(15-11-10-13-8-6-7-9-14(13)18(15)23)20(25-3)22(27-5)21(26-4)19(16)24-2;/h6-12H,1-5H3;1H/q+1;/p-1. The Morgan fingerprint density at radius 1 is 0.643 bits per heavy atom. The predicted molar refractivity (Wildman–Crippen MR) is 106 cm³/mol. The van der Waals surface area contributed by atoms with Crippen LogP contribution in [0.5, 0.6) is 23.0 Å². The number of pyridine rings is 1. The maximum atomic E-state index is 5.78. The van der Waals surface area contributed by atoms with Crippen LogP contribution in [0, 0.1) is 0 Å². The third-order valence-electron chi connectivity index (χ3n) is 5.02. The molecule has 0 saturated heterocycles. The van der Waals surface area contributed by atoms with Gasteiger partial charge in [-0.3, -0.25) is 0 Å². The lowest BCUT2D eigenvalue weighted by atomic mass is 9.99. The van der Waals surface area contributed by atoms with Gasteiger partial charge >= 0.3 is 0 Å². The van der Waals surface area contributed by atoms with Crippen molar-refractivity contribution in [2.45, 2.75) is 0 Å². The first kappa shape index (κ1) is 19.8. The van der Waals surface area contributed by atoms with E-state index in [1.165, 1.54) is 10.8 Å². The summed E-state index contributed by atoms with van der Waals surface area (Å²) in [5.74, 6) is 2.29. The van der Waals surface area contributed by atoms with Crippen LogP contribution < -0.4 is 35.9 Å². The van der Waals surface area contributed by atoms with Crippen LogP contribution in [0.15, 0.2) is 42.6 Å². The van der Waals surface area contributed by atoms with Gasteiger partial charge in [-0.25, -0.2) is 0 Å². The number of hydrogen-bond acceptors (Lipinski definition) is 4. The molecule has 0 aliphatic heterocycles. The fourth-order valence-electron chi connectivity index (χ4n) is 3.93. The number of ether oxygens (including phenoxy) is 4. The minimum atomic E-state index is 0. The minimum Gasteiger partial charge on any atom is -1.00 e. The first-order valence-electron chi connectivity index (χ1n) is 8.66. The van der Waals surface area contributed by atoms with Gasteiger partial charge in [-0.2, -0.15) is 4.57 Å². The Kier molecular flexibility index (Phi) is 5.38. The molecule has 0 bridgehead atoms. The van der Waals surface area contributed by atoms with Gasteiger partial charge in [-0.1, -0.05) is 24.3 Å². The van der Waals surface area contributed by atoms with Crippen LogP contribution in [-0.2, 0) is 7.05 Å². The number of fused-ring (bicyclic) bond motifs is 5. The smallest absolute Gasteiger partial charge is 0.220 e. The Morgan fingerprint density at radius 3 is 1.89 bits per heavy atom. The summed E-state index contributed by atoms with van der Waals surface area (Å²) in [5, 5.41) is 5.26. The van der Waals surface area contributed by atoms with Crippen molar-refractivity contribution in [1.29, 1.82) is 0 Å². The second kappa shape index (κ2) is 7.60. The molecule has 0 unspecified atom stereocenters. The summed E-state index contributed by atoms with van der Waals surface area (Å²) in [6.45, 7) is 0. The lowest BCUT2D eigenvalue weighted by Crippen LogP contribution is -3.00. The van der Waals surface area contributed by atoms with Gasteiger partial charge in [-0.15, -0.1) is 0 Å². The quantitative estimate of drug-likeness (QED) is 0.379. The average Bonchev–Trinajstić information content (AvgIpc) is 2.71. The molecule has 0 aliphatic carbocycles. The molecule has 28 heavy (non-hydrogen) atoms. The van der Waals surface area contributed by atoms with E-state index in [9.17, 15) is 0 Å². The van der Waals surface area contributed by atoms with Crippen molar-refractivity contribution in [2.24, 2.45) is 7.05 Å². The first-order chi connectivity index (χ1) is 13.2. The van der Waals surface area contributed by atoms with Crippen molar-refractivity contribution in [1.82, 2.24) is 0 Å². The second-order valence-electron chi connectivity index (χ2n) is 6.34. The molecule has 1 aromatic heterocycles. The van der Waals surface area contributed by atoms with Crippen LogP contribution in [-0.4, -0.2) is 28.4 Å². The molecule has 1 heterocycles. The van der Waals surface area contributed by atoms with Crippen LogP contribution in [0.25, 0.3) is 32.4 Å². The number of aromatic nitrogens is 1. The van der Waals surface area contributed by atoms with Crippen LogP contribution in [0.3, 0.4) is 0 Å². The van der Waals surface area contributed by atoms with Crippen LogP contribution in [0.1, 0.15) is 0 Å². The molecule has 0 atom stereocenters. The third-order valence-corrected chi connectivity index (χ3v) is 5.02. The molecule has 0 saturated carbocycles. The molecule has 0 aliphatic rings. The summed E-state index contributed by atoms with van der Waals surface area (Å²) < 4.78 is 24.8. The second-order valence-corrected chi connectivity index (χ2v) is 6.34. The fraction of sp³-hybridized carbons (Fsp3) is 0.227. The Hall–Kier alpha value is -2.92. The monoisotopic (exact) mass is 399 g/mol. The summed E-state index contributed by atoms with van der Waals surface area (Å²) in [7, 11) is 8.51. The molecular weight excluding hydrogens is 378 g/mol. The van der Waals surface area contributed by atoms with E-state index in [0.29, 0.717) is 23.0 Å². The van der Waals surface area contributed by atoms with E-state index in [4.69, 9.17) is 18.9 Å². The summed E-state index contributed by atoms with van der Waals surface area (Å²) in [6, 6.07) is 12.6. The van der Waals surface area contributed by atoms with Gasteiger partial charge in [0.1, 0.15) is 7.05 Å². The van der Waals surface area contributed by atoms with Gasteiger partial charge in [0, 0.05) is 0 Å². The van der Waals surface area contributed by atoms with E-state index in [-0.39, 0.29) is 12.4 Å². The van der Waals surface area contributed by atoms with Crippen molar-refractivity contribution in [3.63, 3.8) is 0 Å².